The maximum Gasteiger partial charge on any atom is 0.186 e. The van der Waals surface area contributed by atoms with Crippen LogP contribution in [0.3, 0.4) is 0 Å². The first-order valence-corrected chi connectivity index (χ1v) is 3.60. The molecule has 0 spiro atoms. The van der Waals surface area contributed by atoms with Crippen LogP contribution in [-0.4, -0.2) is 5.78 Å². The third kappa shape index (κ3) is 0.891. The lowest BCUT2D eigenvalue weighted by Gasteiger charge is -2.02. The van der Waals surface area contributed by atoms with Crippen molar-refractivity contribution in [3.8, 4) is 0 Å². The van der Waals surface area contributed by atoms with Crippen molar-refractivity contribution < 1.29 is 4.79 Å². The van der Waals surface area contributed by atoms with Gasteiger partial charge < -0.3 is 0 Å². The van der Waals surface area contributed by atoms with Crippen molar-refractivity contribution in [3.05, 3.63) is 47.1 Å². The van der Waals surface area contributed by atoms with Crippen molar-refractivity contribution in [1.82, 2.24) is 0 Å². The molecule has 0 unspecified atom stereocenters. The molecule has 0 saturated heterocycles. The van der Waals surface area contributed by atoms with Crippen LogP contribution in [0.25, 0.3) is 0 Å². The standard InChI is InChI=1S/C10H8O/c1-7-5-8-3-2-4-10(11)9(8)6-7/h2-6H,1H3. The minimum absolute atomic E-state index is 0.121. The van der Waals surface area contributed by atoms with Gasteiger partial charge in [-0.3, -0.25) is 4.79 Å². The minimum atomic E-state index is 0.121. The molecule has 0 atom stereocenters. The largest absolute Gasteiger partial charge is 0.289 e. The zero-order chi connectivity index (χ0) is 7.84. The summed E-state index contributed by atoms with van der Waals surface area (Å²) in [5.74, 6) is 0.121. The summed E-state index contributed by atoms with van der Waals surface area (Å²) in [6.07, 6.45) is 9.31. The highest BCUT2D eigenvalue weighted by Gasteiger charge is 2.16. The Kier molecular flexibility index (Phi) is 1.19. The van der Waals surface area contributed by atoms with Crippen molar-refractivity contribution in [2.45, 2.75) is 6.92 Å². The molecular formula is C10H8O. The van der Waals surface area contributed by atoms with E-state index in [1.54, 1.807) is 12.2 Å². The SMILES string of the molecule is CC1=CC2=CC=CC(=O)C2=C1. The van der Waals surface area contributed by atoms with Crippen LogP contribution in [0.2, 0.25) is 0 Å². The molecule has 2 aliphatic rings. The predicted octanol–water partition coefficient (Wildman–Crippen LogP) is 1.94. The maximum absolute atomic E-state index is 11.2. The van der Waals surface area contributed by atoms with E-state index in [1.807, 2.05) is 25.2 Å². The number of allylic oxidation sites excluding steroid dienone is 8. The van der Waals surface area contributed by atoms with Crippen LogP contribution in [0.5, 0.6) is 0 Å². The molecule has 0 bridgehead atoms. The third-order valence-electron chi connectivity index (χ3n) is 1.86. The number of ketones is 1. The molecule has 0 N–H and O–H groups in total. The van der Waals surface area contributed by atoms with Gasteiger partial charge in [0.25, 0.3) is 0 Å². The molecule has 1 heteroatoms. The summed E-state index contributed by atoms with van der Waals surface area (Å²) in [5, 5.41) is 0. The third-order valence-corrected chi connectivity index (χ3v) is 1.86. The molecule has 0 heterocycles. The number of hydrogen-bond donors (Lipinski definition) is 0. The first-order chi connectivity index (χ1) is 5.27. The summed E-state index contributed by atoms with van der Waals surface area (Å²) in [6.45, 7) is 2.00. The second-order valence-corrected chi connectivity index (χ2v) is 2.79. The van der Waals surface area contributed by atoms with E-state index in [2.05, 4.69) is 0 Å². The van der Waals surface area contributed by atoms with Gasteiger partial charge in [-0.05, 0) is 30.2 Å². The van der Waals surface area contributed by atoms with E-state index in [-0.39, 0.29) is 5.78 Å². The first kappa shape index (κ1) is 6.35. The number of fused-ring (bicyclic) bond motifs is 1. The van der Waals surface area contributed by atoms with Crippen LogP contribution >= 0.6 is 0 Å². The molecule has 0 amide bonds. The Morgan fingerprint density at radius 2 is 2.09 bits per heavy atom. The average molecular weight is 144 g/mol. The van der Waals surface area contributed by atoms with Gasteiger partial charge in [0.1, 0.15) is 0 Å². The fraction of sp³-hybridized carbons (Fsp3) is 0.100. The molecule has 11 heavy (non-hydrogen) atoms. The highest BCUT2D eigenvalue weighted by Crippen LogP contribution is 2.26. The summed E-state index contributed by atoms with van der Waals surface area (Å²) in [4.78, 5) is 11.2. The Morgan fingerprint density at radius 3 is 2.82 bits per heavy atom. The fourth-order valence-corrected chi connectivity index (χ4v) is 1.36. The quantitative estimate of drug-likeness (QED) is 0.507. The molecule has 2 aliphatic carbocycles. The lowest BCUT2D eigenvalue weighted by atomic mass is 10.0. The zero-order valence-electron chi connectivity index (χ0n) is 6.29. The van der Waals surface area contributed by atoms with E-state index >= 15 is 0 Å². The molecular weight excluding hydrogens is 136 g/mol. The Labute approximate surface area is 65.4 Å². The second-order valence-electron chi connectivity index (χ2n) is 2.79. The van der Waals surface area contributed by atoms with Crippen LogP contribution < -0.4 is 0 Å². The van der Waals surface area contributed by atoms with Crippen molar-refractivity contribution >= 4 is 5.78 Å². The lowest BCUT2D eigenvalue weighted by Crippen LogP contribution is -2.00. The fourth-order valence-electron chi connectivity index (χ4n) is 1.36. The van der Waals surface area contributed by atoms with Gasteiger partial charge in [-0.1, -0.05) is 18.2 Å². The topological polar surface area (TPSA) is 17.1 Å². The van der Waals surface area contributed by atoms with Gasteiger partial charge in [-0.25, -0.2) is 0 Å². The van der Waals surface area contributed by atoms with Crippen molar-refractivity contribution in [2.24, 2.45) is 0 Å². The Morgan fingerprint density at radius 1 is 1.27 bits per heavy atom. The number of rotatable bonds is 0. The monoisotopic (exact) mass is 144 g/mol. The van der Waals surface area contributed by atoms with Crippen molar-refractivity contribution in [2.75, 3.05) is 0 Å². The second kappa shape index (κ2) is 2.06. The maximum atomic E-state index is 11.2. The van der Waals surface area contributed by atoms with Crippen LogP contribution in [0.15, 0.2) is 47.1 Å². The average Bonchev–Trinajstić information content (AvgIpc) is 2.31. The van der Waals surface area contributed by atoms with E-state index in [0.717, 1.165) is 16.7 Å². The normalized spacial score (nSPS) is 20.8. The zero-order valence-corrected chi connectivity index (χ0v) is 6.29. The van der Waals surface area contributed by atoms with E-state index in [4.69, 9.17) is 0 Å². The molecule has 54 valence electrons. The molecule has 0 radical (unpaired) electrons. The van der Waals surface area contributed by atoms with Gasteiger partial charge in [0.15, 0.2) is 5.78 Å². The van der Waals surface area contributed by atoms with E-state index in [1.165, 1.54) is 0 Å². The highest BCUT2D eigenvalue weighted by molar-refractivity contribution is 6.10. The summed E-state index contributed by atoms with van der Waals surface area (Å²) >= 11 is 0. The van der Waals surface area contributed by atoms with Gasteiger partial charge in [-0.15, -0.1) is 0 Å². The highest BCUT2D eigenvalue weighted by atomic mass is 16.1. The van der Waals surface area contributed by atoms with Crippen molar-refractivity contribution in [1.29, 1.82) is 0 Å². The van der Waals surface area contributed by atoms with Gasteiger partial charge in [-0.2, -0.15) is 0 Å². The van der Waals surface area contributed by atoms with E-state index in [9.17, 15) is 4.79 Å². The summed E-state index contributed by atoms with van der Waals surface area (Å²) < 4.78 is 0. The summed E-state index contributed by atoms with van der Waals surface area (Å²) in [5.41, 5.74) is 3.04. The molecule has 0 aliphatic heterocycles. The molecule has 0 aromatic rings. The predicted molar refractivity (Wildman–Crippen MR) is 44.1 cm³/mol. The molecule has 0 fully saturated rings. The van der Waals surface area contributed by atoms with Crippen LogP contribution in [0.1, 0.15) is 6.92 Å². The lowest BCUT2D eigenvalue weighted by molar-refractivity contribution is -0.111. The number of carbonyl (C=O) groups is 1. The molecule has 0 saturated carbocycles. The molecule has 0 aromatic carbocycles. The molecule has 2 rings (SSSR count). The molecule has 0 aromatic heterocycles. The summed E-state index contributed by atoms with van der Waals surface area (Å²) in [7, 11) is 0. The van der Waals surface area contributed by atoms with Crippen LogP contribution in [-0.2, 0) is 4.79 Å². The Bertz CT molecular complexity index is 338. The van der Waals surface area contributed by atoms with Crippen LogP contribution in [0.4, 0.5) is 0 Å². The van der Waals surface area contributed by atoms with E-state index in [0.29, 0.717) is 0 Å². The van der Waals surface area contributed by atoms with E-state index < -0.39 is 0 Å². The summed E-state index contributed by atoms with van der Waals surface area (Å²) in [6, 6.07) is 0. The number of hydrogen-bond acceptors (Lipinski definition) is 1. The minimum Gasteiger partial charge on any atom is -0.289 e. The molecule has 1 nitrogen and oxygen atoms in total. The van der Waals surface area contributed by atoms with Crippen molar-refractivity contribution in [3.63, 3.8) is 0 Å². The van der Waals surface area contributed by atoms with Gasteiger partial charge in [0, 0.05) is 5.57 Å². The Balaban J connectivity index is 2.53. The van der Waals surface area contributed by atoms with Crippen LogP contribution in [0, 0.1) is 0 Å². The van der Waals surface area contributed by atoms with Gasteiger partial charge in [0.05, 0.1) is 0 Å². The van der Waals surface area contributed by atoms with Gasteiger partial charge >= 0.3 is 0 Å². The Hall–Kier alpha value is -1.37. The first-order valence-electron chi connectivity index (χ1n) is 3.60. The smallest absolute Gasteiger partial charge is 0.186 e. The number of carbonyl (C=O) groups excluding carboxylic acids is 1. The van der Waals surface area contributed by atoms with Gasteiger partial charge in [0.2, 0.25) is 0 Å².